The lowest BCUT2D eigenvalue weighted by Gasteiger charge is -2.26. The number of primary amides is 1. The monoisotopic (exact) mass is 676 g/mol. The van der Waals surface area contributed by atoms with Crippen molar-refractivity contribution < 1.29 is 38.7 Å². The number of aliphatic carboxylic acids is 1. The van der Waals surface area contributed by atoms with E-state index in [4.69, 9.17) is 27.7 Å². The molecule has 0 bridgehead atoms. The van der Waals surface area contributed by atoms with Crippen molar-refractivity contribution in [1.82, 2.24) is 31.9 Å². The molecule has 0 unspecified atom stereocenters. The third-order valence-corrected chi connectivity index (χ3v) is 6.80. The zero-order valence-electron chi connectivity index (χ0n) is 27.3. The number of carboxylic acid groups (broad SMARTS) is 1. The average Bonchev–Trinajstić information content (AvgIpc) is 3.00. The largest absolute Gasteiger partial charge is 0.480 e. The Hall–Kier alpha value is -5.26. The molecule has 5 atom stereocenters. The summed E-state index contributed by atoms with van der Waals surface area (Å²) in [7, 11) is 0. The van der Waals surface area contributed by atoms with Gasteiger partial charge in [0.25, 0.3) is 0 Å². The molecule has 1 aromatic carbocycles. The summed E-state index contributed by atoms with van der Waals surface area (Å²) >= 11 is 0. The van der Waals surface area contributed by atoms with Gasteiger partial charge in [0.05, 0.1) is 19.0 Å². The summed E-state index contributed by atoms with van der Waals surface area (Å²) in [6.07, 6.45) is -0.0631. The van der Waals surface area contributed by atoms with Gasteiger partial charge in [-0.3, -0.25) is 39.0 Å². The lowest BCUT2D eigenvalue weighted by atomic mass is 10.0. The van der Waals surface area contributed by atoms with Crippen LogP contribution in [0.5, 0.6) is 0 Å². The van der Waals surface area contributed by atoms with Crippen molar-refractivity contribution in [2.24, 2.45) is 23.1 Å². The fourth-order valence-corrected chi connectivity index (χ4v) is 4.34. The Morgan fingerprint density at radius 3 is 1.94 bits per heavy atom. The zero-order valence-corrected chi connectivity index (χ0v) is 27.3. The fourth-order valence-electron chi connectivity index (χ4n) is 4.34. The predicted molar refractivity (Wildman–Crippen MR) is 175 cm³/mol. The minimum Gasteiger partial charge on any atom is -0.480 e. The van der Waals surface area contributed by atoms with E-state index < -0.39 is 84.6 Å². The second-order valence-corrected chi connectivity index (χ2v) is 11.6. The molecular weight excluding hydrogens is 628 g/mol. The molecule has 0 aliphatic heterocycles. The maximum atomic E-state index is 13.5. The number of guanidine groups is 1. The Kier molecular flexibility index (Phi) is 17.6. The van der Waals surface area contributed by atoms with Gasteiger partial charge < -0.3 is 54.2 Å². The van der Waals surface area contributed by atoms with Crippen LogP contribution in [0.1, 0.15) is 52.0 Å². The molecule has 0 spiro atoms. The van der Waals surface area contributed by atoms with Crippen LogP contribution in [0.25, 0.3) is 0 Å². The van der Waals surface area contributed by atoms with Crippen molar-refractivity contribution in [3.05, 3.63) is 35.9 Å². The van der Waals surface area contributed by atoms with Gasteiger partial charge in [-0.1, -0.05) is 44.2 Å². The molecule has 14 N–H and O–H groups in total. The van der Waals surface area contributed by atoms with E-state index in [0.29, 0.717) is 0 Å². The highest BCUT2D eigenvalue weighted by atomic mass is 16.4. The maximum Gasteiger partial charge on any atom is 0.325 e. The van der Waals surface area contributed by atoms with Crippen LogP contribution in [-0.2, 0) is 40.0 Å². The summed E-state index contributed by atoms with van der Waals surface area (Å²) in [4.78, 5) is 87.6. The van der Waals surface area contributed by atoms with E-state index in [1.165, 1.54) is 6.92 Å². The highest BCUT2D eigenvalue weighted by Crippen LogP contribution is 2.09. The number of carboxylic acids is 1. The van der Waals surface area contributed by atoms with Crippen molar-refractivity contribution in [2.45, 2.75) is 83.1 Å². The summed E-state index contributed by atoms with van der Waals surface area (Å²) in [6, 6.07) is 2.74. The predicted octanol–water partition coefficient (Wildman–Crippen LogP) is -3.10. The molecule has 0 saturated carbocycles. The molecule has 1 rings (SSSR count). The van der Waals surface area contributed by atoms with Crippen molar-refractivity contribution in [3.8, 4) is 0 Å². The molecule has 0 radical (unpaired) electrons. The van der Waals surface area contributed by atoms with Gasteiger partial charge in [-0.15, -0.1) is 0 Å². The van der Waals surface area contributed by atoms with Crippen molar-refractivity contribution in [2.75, 3.05) is 13.1 Å². The minimum atomic E-state index is -1.46. The lowest BCUT2D eigenvalue weighted by molar-refractivity contribution is -0.141. The summed E-state index contributed by atoms with van der Waals surface area (Å²) in [5.74, 6) is -6.54. The smallest absolute Gasteiger partial charge is 0.325 e. The van der Waals surface area contributed by atoms with Gasteiger partial charge in [-0.2, -0.15) is 0 Å². The number of nitrogens with one attached hydrogen (secondary N) is 7. The Bertz CT molecular complexity index is 1290. The van der Waals surface area contributed by atoms with Gasteiger partial charge in [-0.05, 0) is 44.1 Å². The van der Waals surface area contributed by atoms with Crippen LogP contribution in [-0.4, -0.2) is 95.8 Å². The number of rotatable bonds is 21. The van der Waals surface area contributed by atoms with E-state index in [2.05, 4.69) is 31.9 Å². The SMILES string of the molecule is CC(C)C[C@H](NC(=O)[C@H](CC(N)=O)NC(=O)[C@@H](N)Cc1ccccc1)C(=O)N[C@@H](CCCNC(=N)N)C(=O)NCC(=O)N[C@@H](C)C(=O)O. The van der Waals surface area contributed by atoms with E-state index in [-0.39, 0.29) is 44.1 Å². The molecule has 0 heterocycles. The first-order valence-corrected chi connectivity index (χ1v) is 15.4. The molecule has 48 heavy (non-hydrogen) atoms. The standard InChI is InChI=1S/C30H48N10O8/c1-16(2)12-21(40-28(46)22(14-23(32)41)39-25(43)19(31)13-18-8-5-4-6-9-18)27(45)38-20(10-7-11-35-30(33)34)26(44)36-15-24(42)37-17(3)29(47)48/h4-6,8-9,16-17,19-22H,7,10-15,31H2,1-3H3,(H2,32,41)(H,36,44)(H,37,42)(H,38,45)(H,39,43)(H,40,46)(H,47,48)(H4,33,34,35)/t17-,19-,20-,21-,22-/m0/s1. The molecule has 0 aromatic heterocycles. The fraction of sp³-hybridized carbons (Fsp3) is 0.533. The van der Waals surface area contributed by atoms with Crippen LogP contribution in [0.15, 0.2) is 30.3 Å². The highest BCUT2D eigenvalue weighted by Gasteiger charge is 2.32. The van der Waals surface area contributed by atoms with Crippen molar-refractivity contribution >= 4 is 47.4 Å². The van der Waals surface area contributed by atoms with Crippen LogP contribution in [0.2, 0.25) is 0 Å². The summed E-state index contributed by atoms with van der Waals surface area (Å²) in [5.41, 5.74) is 17.4. The Labute approximate surface area is 278 Å². The Balaban J connectivity index is 3.07. The molecule has 0 fully saturated rings. The number of hydrogen-bond donors (Lipinski definition) is 11. The van der Waals surface area contributed by atoms with Crippen molar-refractivity contribution in [3.63, 3.8) is 0 Å². The third-order valence-electron chi connectivity index (χ3n) is 6.80. The molecule has 6 amide bonds. The summed E-state index contributed by atoms with van der Waals surface area (Å²) in [6.45, 7) is 4.41. The normalized spacial score (nSPS) is 13.9. The number of hydrogen-bond acceptors (Lipinski definition) is 9. The van der Waals surface area contributed by atoms with Gasteiger partial charge in [0.1, 0.15) is 24.2 Å². The van der Waals surface area contributed by atoms with Crippen molar-refractivity contribution in [1.29, 1.82) is 5.41 Å². The summed E-state index contributed by atoms with van der Waals surface area (Å²) in [5, 5.41) is 30.9. The second kappa shape index (κ2) is 20.8. The van der Waals surface area contributed by atoms with Crippen LogP contribution in [0.4, 0.5) is 0 Å². The number of nitrogens with two attached hydrogens (primary N) is 3. The minimum absolute atomic E-state index is 0.0208. The van der Waals surface area contributed by atoms with Crippen LogP contribution < -0.4 is 49.1 Å². The average molecular weight is 677 g/mol. The van der Waals surface area contributed by atoms with Crippen LogP contribution in [0, 0.1) is 11.3 Å². The molecule has 0 saturated heterocycles. The third kappa shape index (κ3) is 16.3. The van der Waals surface area contributed by atoms with Crippen LogP contribution >= 0.6 is 0 Å². The lowest BCUT2D eigenvalue weighted by Crippen LogP contribution is -2.59. The van der Waals surface area contributed by atoms with E-state index >= 15 is 0 Å². The topological polar surface area (TPSA) is 314 Å². The number of benzene rings is 1. The molecule has 0 aliphatic rings. The van der Waals surface area contributed by atoms with Gasteiger partial charge in [0.2, 0.25) is 35.4 Å². The Morgan fingerprint density at radius 1 is 0.792 bits per heavy atom. The molecule has 1 aromatic rings. The Morgan fingerprint density at radius 2 is 1.38 bits per heavy atom. The first kappa shape index (κ1) is 40.8. The van der Waals surface area contributed by atoms with Gasteiger partial charge >= 0.3 is 5.97 Å². The van der Waals surface area contributed by atoms with E-state index in [1.807, 2.05) is 0 Å². The number of amides is 6. The highest BCUT2D eigenvalue weighted by molar-refractivity contribution is 5.97. The van der Waals surface area contributed by atoms with E-state index in [0.717, 1.165) is 5.56 Å². The van der Waals surface area contributed by atoms with E-state index in [9.17, 15) is 33.6 Å². The van der Waals surface area contributed by atoms with Crippen LogP contribution in [0.3, 0.4) is 0 Å². The molecule has 18 nitrogen and oxygen atoms in total. The maximum absolute atomic E-state index is 13.5. The van der Waals surface area contributed by atoms with Gasteiger partial charge in [0.15, 0.2) is 5.96 Å². The first-order valence-electron chi connectivity index (χ1n) is 15.4. The van der Waals surface area contributed by atoms with E-state index in [1.54, 1.807) is 44.2 Å². The molecule has 0 aliphatic carbocycles. The summed E-state index contributed by atoms with van der Waals surface area (Å²) < 4.78 is 0. The zero-order chi connectivity index (χ0) is 36.4. The number of carbonyl (C=O) groups is 7. The molecule has 266 valence electrons. The first-order chi connectivity index (χ1) is 22.5. The van der Waals surface area contributed by atoms with Gasteiger partial charge in [0, 0.05) is 6.54 Å². The molecular formula is C30H48N10O8. The van der Waals surface area contributed by atoms with Gasteiger partial charge in [-0.25, -0.2) is 0 Å². The molecule has 18 heteroatoms. The number of carbonyl (C=O) groups excluding carboxylic acids is 6. The quantitative estimate of drug-likeness (QED) is 0.0352. The second-order valence-electron chi connectivity index (χ2n) is 11.6.